The summed E-state index contributed by atoms with van der Waals surface area (Å²) in [5.74, 6) is 0. The summed E-state index contributed by atoms with van der Waals surface area (Å²) in [5.41, 5.74) is 1.49. The van der Waals surface area contributed by atoms with Crippen LogP contribution in [0, 0.1) is 22.5 Å². The lowest BCUT2D eigenvalue weighted by Crippen LogP contribution is -2.37. The summed E-state index contributed by atoms with van der Waals surface area (Å²) in [5, 5.41) is 23.6. The summed E-state index contributed by atoms with van der Waals surface area (Å²) < 4.78 is 0. The minimum Gasteiger partial charge on any atom is -0.396 e. The molecule has 0 unspecified atom stereocenters. The Hall–Kier alpha value is -1.33. The fourth-order valence-electron chi connectivity index (χ4n) is 2.72. The van der Waals surface area contributed by atoms with E-state index in [-0.39, 0.29) is 17.7 Å². The number of aliphatic hydroxyl groups is 1. The van der Waals surface area contributed by atoms with Crippen LogP contribution >= 0.6 is 11.6 Å². The second kappa shape index (κ2) is 5.97. The van der Waals surface area contributed by atoms with E-state index in [1.54, 1.807) is 13.0 Å². The number of nitrogens with one attached hydrogen (secondary N) is 1. The van der Waals surface area contributed by atoms with Crippen molar-refractivity contribution in [3.63, 3.8) is 0 Å². The molecule has 20 heavy (non-hydrogen) atoms. The molecule has 0 bridgehead atoms. The van der Waals surface area contributed by atoms with Gasteiger partial charge in [0.15, 0.2) is 0 Å². The number of nitro benzene ring substituents is 1. The van der Waals surface area contributed by atoms with Crippen LogP contribution in [0.1, 0.15) is 31.2 Å². The van der Waals surface area contributed by atoms with Gasteiger partial charge >= 0.3 is 0 Å². The molecule has 2 N–H and O–H groups in total. The number of anilines is 1. The van der Waals surface area contributed by atoms with Crippen LogP contribution in [0.3, 0.4) is 0 Å². The normalized spacial score (nSPS) is 16.6. The first kappa shape index (κ1) is 15.1. The third kappa shape index (κ3) is 3.04. The number of aryl methyl sites for hydroxylation is 1. The van der Waals surface area contributed by atoms with Gasteiger partial charge in [0.2, 0.25) is 0 Å². The number of hydrogen-bond acceptors (Lipinski definition) is 4. The van der Waals surface area contributed by atoms with E-state index in [2.05, 4.69) is 5.32 Å². The summed E-state index contributed by atoms with van der Waals surface area (Å²) in [7, 11) is 0. The molecule has 1 aromatic rings. The highest BCUT2D eigenvalue weighted by molar-refractivity contribution is 6.33. The molecule has 6 heteroatoms. The Kier molecular flexibility index (Phi) is 4.50. The Morgan fingerprint density at radius 1 is 1.50 bits per heavy atom. The van der Waals surface area contributed by atoms with Gasteiger partial charge in [0.1, 0.15) is 0 Å². The van der Waals surface area contributed by atoms with E-state index in [0.717, 1.165) is 31.5 Å². The molecular weight excluding hydrogens is 280 g/mol. The van der Waals surface area contributed by atoms with Crippen molar-refractivity contribution in [1.29, 1.82) is 0 Å². The molecule has 1 aliphatic carbocycles. The molecule has 5 nitrogen and oxygen atoms in total. The summed E-state index contributed by atoms with van der Waals surface area (Å²) in [6.07, 6.45) is 4.17. The zero-order chi connectivity index (χ0) is 14.8. The molecule has 2 rings (SSSR count). The van der Waals surface area contributed by atoms with Gasteiger partial charge in [-0.2, -0.15) is 0 Å². The molecule has 0 amide bonds. The van der Waals surface area contributed by atoms with Gasteiger partial charge in [0, 0.05) is 24.8 Å². The van der Waals surface area contributed by atoms with E-state index >= 15 is 0 Å². The van der Waals surface area contributed by atoms with Crippen molar-refractivity contribution in [3.05, 3.63) is 32.8 Å². The zero-order valence-electron chi connectivity index (χ0n) is 11.5. The van der Waals surface area contributed by atoms with Crippen molar-refractivity contribution in [3.8, 4) is 0 Å². The Labute approximate surface area is 123 Å². The fourth-order valence-corrected chi connectivity index (χ4v) is 2.94. The highest BCUT2D eigenvalue weighted by Crippen LogP contribution is 2.44. The van der Waals surface area contributed by atoms with Gasteiger partial charge in [-0.1, -0.05) is 18.0 Å². The topological polar surface area (TPSA) is 75.4 Å². The van der Waals surface area contributed by atoms with Gasteiger partial charge in [-0.05, 0) is 37.7 Å². The smallest absolute Gasteiger partial charge is 0.273 e. The summed E-state index contributed by atoms with van der Waals surface area (Å²) in [4.78, 5) is 10.4. The van der Waals surface area contributed by atoms with Gasteiger partial charge in [-0.25, -0.2) is 0 Å². The number of halogens is 1. The maximum Gasteiger partial charge on any atom is 0.273 e. The Bertz CT molecular complexity index is 515. The van der Waals surface area contributed by atoms with Gasteiger partial charge in [-0.3, -0.25) is 10.1 Å². The number of rotatable bonds is 6. The highest BCUT2D eigenvalue weighted by atomic mass is 35.5. The first-order valence-corrected chi connectivity index (χ1v) is 7.14. The molecule has 1 aliphatic rings. The minimum atomic E-state index is -0.426. The molecule has 1 fully saturated rings. The van der Waals surface area contributed by atoms with Crippen molar-refractivity contribution in [1.82, 2.24) is 0 Å². The van der Waals surface area contributed by atoms with Gasteiger partial charge < -0.3 is 10.4 Å². The van der Waals surface area contributed by atoms with E-state index in [1.165, 1.54) is 12.5 Å². The first-order chi connectivity index (χ1) is 9.47. The van der Waals surface area contributed by atoms with Crippen LogP contribution in [0.2, 0.25) is 5.02 Å². The molecule has 0 radical (unpaired) electrons. The number of nitrogens with zero attached hydrogens (tertiary/aromatic N) is 1. The molecule has 110 valence electrons. The van der Waals surface area contributed by atoms with Gasteiger partial charge in [-0.15, -0.1) is 0 Å². The summed E-state index contributed by atoms with van der Waals surface area (Å²) in [6.45, 7) is 2.63. The predicted molar refractivity (Wildman–Crippen MR) is 79.3 cm³/mol. The Balaban J connectivity index is 2.10. The number of benzene rings is 1. The number of hydrogen-bond donors (Lipinski definition) is 2. The van der Waals surface area contributed by atoms with E-state index < -0.39 is 4.92 Å². The second-order valence-corrected chi connectivity index (χ2v) is 5.96. The maximum absolute atomic E-state index is 10.8. The molecule has 0 spiro atoms. The van der Waals surface area contributed by atoms with Gasteiger partial charge in [0.05, 0.1) is 15.6 Å². The molecule has 0 heterocycles. The Morgan fingerprint density at radius 3 is 2.70 bits per heavy atom. The highest BCUT2D eigenvalue weighted by Gasteiger charge is 2.36. The lowest BCUT2D eigenvalue weighted by atomic mass is 9.67. The largest absolute Gasteiger partial charge is 0.396 e. The third-order valence-electron chi connectivity index (χ3n) is 4.19. The average Bonchev–Trinajstić information content (AvgIpc) is 2.35. The van der Waals surface area contributed by atoms with Crippen LogP contribution in [0.5, 0.6) is 0 Å². The van der Waals surface area contributed by atoms with Crippen LogP contribution in [-0.4, -0.2) is 23.2 Å². The summed E-state index contributed by atoms with van der Waals surface area (Å²) in [6, 6.07) is 3.10. The number of nitro groups is 1. The standard InChI is InChI=1S/C14H19ClN2O3/c1-10-7-12(11(15)8-13(10)17(19)20)16-9-14(5-6-18)3-2-4-14/h7-8,16,18H,2-6,9H2,1H3. The molecule has 0 aliphatic heterocycles. The van der Waals surface area contributed by atoms with E-state index in [4.69, 9.17) is 16.7 Å². The van der Waals surface area contributed by atoms with Crippen LogP contribution in [0.4, 0.5) is 11.4 Å². The quantitative estimate of drug-likeness (QED) is 0.622. The predicted octanol–water partition coefficient (Wildman–Crippen LogP) is 3.52. The van der Waals surface area contributed by atoms with Crippen LogP contribution in [0.25, 0.3) is 0 Å². The van der Waals surface area contributed by atoms with Crippen LogP contribution < -0.4 is 5.32 Å². The van der Waals surface area contributed by atoms with Crippen molar-refractivity contribution < 1.29 is 10.0 Å². The maximum atomic E-state index is 10.8. The van der Waals surface area contributed by atoms with E-state index in [0.29, 0.717) is 10.6 Å². The number of aliphatic hydroxyl groups excluding tert-OH is 1. The zero-order valence-corrected chi connectivity index (χ0v) is 12.2. The van der Waals surface area contributed by atoms with E-state index in [1.807, 2.05) is 0 Å². The molecular formula is C14H19ClN2O3. The monoisotopic (exact) mass is 298 g/mol. The van der Waals surface area contributed by atoms with Crippen molar-refractivity contribution in [2.45, 2.75) is 32.6 Å². The average molecular weight is 299 g/mol. The van der Waals surface area contributed by atoms with Crippen LogP contribution in [-0.2, 0) is 0 Å². The molecule has 0 aromatic heterocycles. The second-order valence-electron chi connectivity index (χ2n) is 5.56. The van der Waals surface area contributed by atoms with E-state index in [9.17, 15) is 10.1 Å². The molecule has 0 atom stereocenters. The Morgan fingerprint density at radius 2 is 2.20 bits per heavy atom. The molecule has 0 saturated heterocycles. The molecule has 1 aromatic carbocycles. The fraction of sp³-hybridized carbons (Fsp3) is 0.571. The minimum absolute atomic E-state index is 0.0364. The van der Waals surface area contributed by atoms with Gasteiger partial charge in [0.25, 0.3) is 5.69 Å². The molecule has 1 saturated carbocycles. The summed E-state index contributed by atoms with van der Waals surface area (Å²) >= 11 is 6.10. The third-order valence-corrected chi connectivity index (χ3v) is 4.51. The SMILES string of the molecule is Cc1cc(NCC2(CCO)CCC2)c(Cl)cc1[N+](=O)[O-]. The van der Waals surface area contributed by atoms with Crippen molar-refractivity contribution in [2.75, 3.05) is 18.5 Å². The van der Waals surface area contributed by atoms with Crippen molar-refractivity contribution in [2.24, 2.45) is 5.41 Å². The lowest BCUT2D eigenvalue weighted by molar-refractivity contribution is -0.385. The van der Waals surface area contributed by atoms with Crippen molar-refractivity contribution >= 4 is 23.0 Å². The lowest BCUT2D eigenvalue weighted by Gasteiger charge is -2.42. The first-order valence-electron chi connectivity index (χ1n) is 6.77. The van der Waals surface area contributed by atoms with Crippen LogP contribution in [0.15, 0.2) is 12.1 Å².